The van der Waals surface area contributed by atoms with E-state index in [4.69, 9.17) is 0 Å². The van der Waals surface area contributed by atoms with Crippen molar-refractivity contribution in [1.29, 1.82) is 0 Å². The van der Waals surface area contributed by atoms with Gasteiger partial charge in [0.15, 0.2) is 0 Å². The number of esters is 1. The lowest BCUT2D eigenvalue weighted by Gasteiger charge is -2.20. The van der Waals surface area contributed by atoms with Crippen molar-refractivity contribution in [2.45, 2.75) is 20.3 Å². The molecule has 1 aromatic carbocycles. The normalized spacial score (nSPS) is 10.8. The first-order valence-electron chi connectivity index (χ1n) is 7.81. The third-order valence-electron chi connectivity index (χ3n) is 3.50. The second kappa shape index (κ2) is 9.02. The Kier molecular flexibility index (Phi) is 6.74. The number of aromatic nitrogens is 1. The number of thiazole rings is 1. The summed E-state index contributed by atoms with van der Waals surface area (Å²) in [5.41, 5.74) is 5.76. The second-order valence-corrected chi connectivity index (χ2v) is 5.89. The van der Waals surface area contributed by atoms with Crippen molar-refractivity contribution in [2.75, 3.05) is 30.5 Å². The Bertz CT molecular complexity index is 678. The molecule has 0 bridgehead atoms. The minimum Gasteiger partial charge on any atom is -0.469 e. The van der Waals surface area contributed by atoms with Gasteiger partial charge in [0.25, 0.3) is 0 Å². The number of hydrogen-bond donors (Lipinski definition) is 1. The molecule has 0 fully saturated rings. The summed E-state index contributed by atoms with van der Waals surface area (Å²) in [6.45, 7) is 6.27. The Labute approximate surface area is 146 Å². The molecular formula is C17H22N4O2S. The highest BCUT2D eigenvalue weighted by Gasteiger charge is 2.07. The Morgan fingerprint density at radius 1 is 1.33 bits per heavy atom. The molecule has 0 saturated carbocycles. The molecule has 0 spiro atoms. The molecule has 0 atom stereocenters. The maximum Gasteiger partial charge on any atom is 0.311 e. The molecule has 0 amide bonds. The van der Waals surface area contributed by atoms with E-state index in [1.807, 2.05) is 17.5 Å². The van der Waals surface area contributed by atoms with E-state index >= 15 is 0 Å². The summed E-state index contributed by atoms with van der Waals surface area (Å²) in [4.78, 5) is 17.8. The molecule has 0 radical (unpaired) electrons. The maximum absolute atomic E-state index is 11.2. The van der Waals surface area contributed by atoms with E-state index in [1.165, 1.54) is 24.1 Å². The third-order valence-corrected chi connectivity index (χ3v) is 4.30. The molecule has 0 aliphatic carbocycles. The van der Waals surface area contributed by atoms with Gasteiger partial charge in [0, 0.05) is 24.2 Å². The van der Waals surface area contributed by atoms with Gasteiger partial charge in [-0.05, 0) is 31.5 Å². The lowest BCUT2D eigenvalue weighted by molar-refractivity contribution is -0.139. The SMILES string of the molecule is CCN(CC)c1ccc(/C=N\Nc2nc(CC(=O)OC)cs2)cc1. The van der Waals surface area contributed by atoms with Gasteiger partial charge in [0.2, 0.25) is 5.13 Å². The average molecular weight is 346 g/mol. The molecule has 0 saturated heterocycles. The van der Waals surface area contributed by atoms with Gasteiger partial charge in [-0.2, -0.15) is 5.10 Å². The fourth-order valence-corrected chi connectivity index (χ4v) is 2.84. The first kappa shape index (κ1) is 17.9. The van der Waals surface area contributed by atoms with Crippen LogP contribution in [0.15, 0.2) is 34.7 Å². The van der Waals surface area contributed by atoms with E-state index < -0.39 is 0 Å². The van der Waals surface area contributed by atoms with Crippen LogP contribution in [0.4, 0.5) is 10.8 Å². The van der Waals surface area contributed by atoms with Crippen LogP contribution >= 0.6 is 11.3 Å². The minimum atomic E-state index is -0.302. The fraction of sp³-hybridized carbons (Fsp3) is 0.353. The van der Waals surface area contributed by atoms with Crippen LogP contribution in [0.25, 0.3) is 0 Å². The summed E-state index contributed by atoms with van der Waals surface area (Å²) in [7, 11) is 1.36. The van der Waals surface area contributed by atoms with Gasteiger partial charge < -0.3 is 9.64 Å². The number of benzene rings is 1. The van der Waals surface area contributed by atoms with Crippen LogP contribution in [0.2, 0.25) is 0 Å². The number of carbonyl (C=O) groups is 1. The van der Waals surface area contributed by atoms with Crippen molar-refractivity contribution < 1.29 is 9.53 Å². The monoisotopic (exact) mass is 346 g/mol. The number of anilines is 2. The van der Waals surface area contributed by atoms with E-state index in [0.29, 0.717) is 10.8 Å². The molecule has 0 unspecified atom stereocenters. The zero-order chi connectivity index (χ0) is 17.4. The summed E-state index contributed by atoms with van der Waals surface area (Å²) >= 11 is 1.40. The second-order valence-electron chi connectivity index (χ2n) is 5.03. The lowest BCUT2D eigenvalue weighted by Crippen LogP contribution is -2.21. The molecule has 6 nitrogen and oxygen atoms in total. The third kappa shape index (κ3) is 5.06. The molecule has 0 aliphatic rings. The number of methoxy groups -OCH3 is 1. The fourth-order valence-electron chi connectivity index (χ4n) is 2.18. The molecule has 1 aromatic heterocycles. The standard InChI is InChI=1S/C17H22N4O2S/c1-4-21(5-2)15-8-6-13(7-9-15)11-18-20-17-19-14(12-24-17)10-16(22)23-3/h6-9,11-12H,4-5,10H2,1-3H3,(H,19,20)/b18-11-. The van der Waals surface area contributed by atoms with E-state index in [0.717, 1.165) is 18.7 Å². The summed E-state index contributed by atoms with van der Waals surface area (Å²) in [6, 6.07) is 8.24. The summed E-state index contributed by atoms with van der Waals surface area (Å²) in [6.07, 6.45) is 1.92. The Morgan fingerprint density at radius 3 is 2.67 bits per heavy atom. The molecule has 7 heteroatoms. The van der Waals surface area contributed by atoms with Crippen molar-refractivity contribution in [3.05, 3.63) is 40.9 Å². The number of nitrogens with zero attached hydrogens (tertiary/aromatic N) is 3. The van der Waals surface area contributed by atoms with Crippen molar-refractivity contribution in [1.82, 2.24) is 4.98 Å². The van der Waals surface area contributed by atoms with Crippen molar-refractivity contribution in [3.8, 4) is 0 Å². The molecule has 2 rings (SSSR count). The number of rotatable bonds is 8. The number of nitrogens with one attached hydrogen (secondary N) is 1. The first-order valence-corrected chi connectivity index (χ1v) is 8.69. The molecule has 1 N–H and O–H groups in total. The number of hydrazone groups is 1. The predicted octanol–water partition coefficient (Wildman–Crippen LogP) is 3.15. The summed E-state index contributed by atoms with van der Waals surface area (Å²) in [5, 5.41) is 6.64. The Balaban J connectivity index is 1.91. The minimum absolute atomic E-state index is 0.172. The molecule has 128 valence electrons. The highest BCUT2D eigenvalue weighted by atomic mass is 32.1. The number of ether oxygens (including phenoxy) is 1. The van der Waals surface area contributed by atoms with E-state index in [-0.39, 0.29) is 12.4 Å². The van der Waals surface area contributed by atoms with Gasteiger partial charge in [-0.15, -0.1) is 11.3 Å². The van der Waals surface area contributed by atoms with Gasteiger partial charge in [0.05, 0.1) is 25.4 Å². The van der Waals surface area contributed by atoms with Crippen LogP contribution in [-0.4, -0.2) is 37.4 Å². The van der Waals surface area contributed by atoms with Gasteiger partial charge in [-0.3, -0.25) is 10.2 Å². The quantitative estimate of drug-likeness (QED) is 0.452. The highest BCUT2D eigenvalue weighted by molar-refractivity contribution is 7.13. The molecular weight excluding hydrogens is 324 g/mol. The molecule has 24 heavy (non-hydrogen) atoms. The first-order chi connectivity index (χ1) is 11.7. The lowest BCUT2D eigenvalue weighted by atomic mass is 10.2. The summed E-state index contributed by atoms with van der Waals surface area (Å²) < 4.78 is 4.62. The van der Waals surface area contributed by atoms with Gasteiger partial charge in [0.1, 0.15) is 0 Å². The predicted molar refractivity (Wildman–Crippen MR) is 99.1 cm³/mol. The van der Waals surface area contributed by atoms with E-state index in [1.54, 1.807) is 6.21 Å². The zero-order valence-electron chi connectivity index (χ0n) is 14.2. The van der Waals surface area contributed by atoms with Gasteiger partial charge in [-0.25, -0.2) is 4.98 Å². The summed E-state index contributed by atoms with van der Waals surface area (Å²) in [5.74, 6) is -0.302. The molecule has 0 aliphatic heterocycles. The average Bonchev–Trinajstić information content (AvgIpc) is 3.04. The molecule has 2 aromatic rings. The number of hydrogen-bond acceptors (Lipinski definition) is 7. The Morgan fingerprint density at radius 2 is 2.04 bits per heavy atom. The molecule has 1 heterocycles. The Hall–Kier alpha value is -2.41. The number of carbonyl (C=O) groups excluding carboxylic acids is 1. The van der Waals surface area contributed by atoms with Crippen LogP contribution < -0.4 is 10.3 Å². The highest BCUT2D eigenvalue weighted by Crippen LogP contribution is 2.16. The van der Waals surface area contributed by atoms with Crippen LogP contribution in [0.3, 0.4) is 0 Å². The van der Waals surface area contributed by atoms with E-state index in [9.17, 15) is 4.79 Å². The van der Waals surface area contributed by atoms with Crippen LogP contribution in [0.5, 0.6) is 0 Å². The van der Waals surface area contributed by atoms with Gasteiger partial charge in [-0.1, -0.05) is 12.1 Å². The van der Waals surface area contributed by atoms with Gasteiger partial charge >= 0.3 is 5.97 Å². The maximum atomic E-state index is 11.2. The van der Waals surface area contributed by atoms with E-state index in [2.05, 4.69) is 51.1 Å². The van der Waals surface area contributed by atoms with Crippen molar-refractivity contribution in [3.63, 3.8) is 0 Å². The zero-order valence-corrected chi connectivity index (χ0v) is 15.0. The largest absolute Gasteiger partial charge is 0.469 e. The van der Waals surface area contributed by atoms with Crippen molar-refractivity contribution >= 4 is 34.3 Å². The van der Waals surface area contributed by atoms with Crippen LogP contribution in [0, 0.1) is 0 Å². The topological polar surface area (TPSA) is 66.8 Å². The smallest absolute Gasteiger partial charge is 0.311 e. The van der Waals surface area contributed by atoms with Crippen LogP contribution in [0.1, 0.15) is 25.1 Å². The van der Waals surface area contributed by atoms with Crippen molar-refractivity contribution in [2.24, 2.45) is 5.10 Å². The van der Waals surface area contributed by atoms with Crippen LogP contribution in [-0.2, 0) is 16.0 Å².